The number of rotatable bonds is 7. The van der Waals surface area contributed by atoms with Gasteiger partial charge in [0.25, 0.3) is 0 Å². The van der Waals surface area contributed by atoms with Crippen molar-refractivity contribution in [1.82, 2.24) is 9.80 Å². The first-order chi connectivity index (χ1) is 19.1. The summed E-state index contributed by atoms with van der Waals surface area (Å²) in [4.78, 5) is 16.6. The van der Waals surface area contributed by atoms with E-state index in [9.17, 15) is 15.0 Å². The molecule has 0 amide bonds. The topological polar surface area (TPSA) is 64.0 Å². The van der Waals surface area contributed by atoms with Gasteiger partial charge < -0.3 is 10.2 Å². The number of aliphatic hydroxyl groups is 1. The van der Waals surface area contributed by atoms with E-state index in [-0.39, 0.29) is 12.3 Å². The van der Waals surface area contributed by atoms with Gasteiger partial charge >= 0.3 is 5.97 Å². The van der Waals surface area contributed by atoms with Crippen LogP contribution in [0.1, 0.15) is 67.9 Å². The maximum absolute atomic E-state index is 11.6. The van der Waals surface area contributed by atoms with E-state index in [1.54, 1.807) is 0 Å². The Morgan fingerprint density at radius 1 is 0.846 bits per heavy atom. The second-order valence-corrected chi connectivity index (χ2v) is 12.2. The Balaban J connectivity index is 1.18. The zero-order chi connectivity index (χ0) is 26.8. The number of carbonyl (C=O) groups is 1. The van der Waals surface area contributed by atoms with Gasteiger partial charge in [-0.1, -0.05) is 85.6 Å². The average molecular weight is 527 g/mol. The van der Waals surface area contributed by atoms with Crippen LogP contribution in [0, 0.1) is 11.8 Å². The van der Waals surface area contributed by atoms with Crippen LogP contribution in [0.3, 0.4) is 0 Å². The van der Waals surface area contributed by atoms with Crippen molar-refractivity contribution in [3.8, 4) is 0 Å². The highest BCUT2D eigenvalue weighted by Crippen LogP contribution is 2.41. The molecule has 3 aliphatic rings. The van der Waals surface area contributed by atoms with Crippen molar-refractivity contribution in [3.05, 3.63) is 83.9 Å². The van der Waals surface area contributed by atoms with Crippen LogP contribution in [0.4, 0.5) is 0 Å². The number of carboxylic acids is 1. The first-order valence-corrected chi connectivity index (χ1v) is 15.0. The van der Waals surface area contributed by atoms with Gasteiger partial charge in [-0.05, 0) is 65.3 Å². The minimum absolute atomic E-state index is 0.244. The van der Waals surface area contributed by atoms with E-state index in [1.807, 2.05) is 0 Å². The summed E-state index contributed by atoms with van der Waals surface area (Å²) in [6.45, 7) is 3.75. The zero-order valence-corrected chi connectivity index (χ0v) is 22.9. The molecule has 39 heavy (non-hydrogen) atoms. The smallest absolute Gasteiger partial charge is 0.303 e. The van der Waals surface area contributed by atoms with Crippen molar-refractivity contribution in [2.75, 3.05) is 26.2 Å². The van der Waals surface area contributed by atoms with Gasteiger partial charge in [-0.2, -0.15) is 0 Å². The van der Waals surface area contributed by atoms with Gasteiger partial charge in [0.1, 0.15) is 6.23 Å². The highest BCUT2D eigenvalue weighted by atomic mass is 16.4. The lowest BCUT2D eigenvalue weighted by Gasteiger charge is -2.39. The number of likely N-dealkylation sites (tertiary alicyclic amines) is 2. The SMILES string of the molecule is O=C(O)CC1CCCC[C@H]1N1C[C@@H](CN2CCC(c3cccc4ccccc34)CC2O)[C@@H](c2ccccc2)C1. The lowest BCUT2D eigenvalue weighted by molar-refractivity contribution is -0.139. The number of carboxylic acid groups (broad SMARTS) is 1. The number of benzene rings is 3. The Kier molecular flexibility index (Phi) is 8.01. The van der Waals surface area contributed by atoms with Crippen molar-refractivity contribution in [2.24, 2.45) is 11.8 Å². The lowest BCUT2D eigenvalue weighted by atomic mass is 9.81. The molecule has 206 valence electrons. The lowest BCUT2D eigenvalue weighted by Crippen LogP contribution is -2.46. The van der Waals surface area contributed by atoms with Crippen molar-refractivity contribution < 1.29 is 15.0 Å². The Morgan fingerprint density at radius 2 is 1.62 bits per heavy atom. The molecule has 3 fully saturated rings. The molecule has 0 spiro atoms. The third-order valence-corrected chi connectivity index (χ3v) is 9.89. The van der Waals surface area contributed by atoms with Crippen LogP contribution in [0.5, 0.6) is 0 Å². The third-order valence-electron chi connectivity index (χ3n) is 9.89. The normalized spacial score (nSPS) is 30.5. The summed E-state index contributed by atoms with van der Waals surface area (Å²) in [6.07, 6.45) is 6.12. The van der Waals surface area contributed by atoms with Crippen molar-refractivity contribution in [3.63, 3.8) is 0 Å². The van der Waals surface area contributed by atoms with Gasteiger partial charge in [0.2, 0.25) is 0 Å². The van der Waals surface area contributed by atoms with E-state index in [2.05, 4.69) is 82.6 Å². The molecule has 2 N–H and O–H groups in total. The molecule has 3 aromatic carbocycles. The van der Waals surface area contributed by atoms with E-state index in [1.165, 1.54) is 28.3 Å². The molecule has 1 aliphatic carbocycles. The molecule has 0 aromatic heterocycles. The van der Waals surface area contributed by atoms with Gasteiger partial charge in [0, 0.05) is 44.6 Å². The third kappa shape index (κ3) is 5.77. The van der Waals surface area contributed by atoms with Crippen molar-refractivity contribution in [2.45, 2.75) is 69.1 Å². The molecule has 6 rings (SSSR count). The number of hydrogen-bond acceptors (Lipinski definition) is 4. The number of piperidine rings is 1. The predicted molar refractivity (Wildman–Crippen MR) is 156 cm³/mol. The minimum Gasteiger partial charge on any atom is -0.481 e. The molecular formula is C34H42N2O3. The zero-order valence-electron chi connectivity index (χ0n) is 22.9. The summed E-state index contributed by atoms with van der Waals surface area (Å²) in [5.74, 6) is 0.768. The first-order valence-electron chi connectivity index (χ1n) is 15.0. The molecule has 5 heteroatoms. The van der Waals surface area contributed by atoms with Gasteiger partial charge in [0.05, 0.1) is 0 Å². The van der Waals surface area contributed by atoms with Crippen LogP contribution >= 0.6 is 0 Å². The number of aliphatic carboxylic acids is 1. The fourth-order valence-corrected chi connectivity index (χ4v) is 7.96. The van der Waals surface area contributed by atoms with E-state index in [0.29, 0.717) is 23.8 Å². The molecule has 2 aliphatic heterocycles. The second kappa shape index (κ2) is 11.8. The van der Waals surface area contributed by atoms with Gasteiger partial charge in [0.15, 0.2) is 0 Å². The van der Waals surface area contributed by atoms with Crippen LogP contribution in [-0.4, -0.2) is 64.4 Å². The highest BCUT2D eigenvalue weighted by Gasteiger charge is 2.42. The molecule has 6 atom stereocenters. The van der Waals surface area contributed by atoms with Crippen molar-refractivity contribution >= 4 is 16.7 Å². The molecule has 2 heterocycles. The first kappa shape index (κ1) is 26.5. The Bertz CT molecular complexity index is 1260. The number of hydrogen-bond donors (Lipinski definition) is 2. The molecule has 1 saturated carbocycles. The summed E-state index contributed by atoms with van der Waals surface area (Å²) < 4.78 is 0. The summed E-state index contributed by atoms with van der Waals surface area (Å²) in [7, 11) is 0. The fourth-order valence-electron chi connectivity index (χ4n) is 7.96. The van der Waals surface area contributed by atoms with Gasteiger partial charge in [-0.25, -0.2) is 0 Å². The van der Waals surface area contributed by atoms with Crippen LogP contribution in [0.2, 0.25) is 0 Å². The summed E-state index contributed by atoms with van der Waals surface area (Å²) in [5.41, 5.74) is 2.73. The fraction of sp³-hybridized carbons (Fsp3) is 0.500. The van der Waals surface area contributed by atoms with Gasteiger partial charge in [-0.15, -0.1) is 0 Å². The predicted octanol–water partition coefficient (Wildman–Crippen LogP) is 6.09. The molecule has 3 unspecified atom stereocenters. The van der Waals surface area contributed by atoms with Crippen LogP contribution in [-0.2, 0) is 4.79 Å². The largest absolute Gasteiger partial charge is 0.481 e. The molecule has 3 aromatic rings. The van der Waals surface area contributed by atoms with E-state index in [0.717, 1.165) is 58.3 Å². The molecule has 5 nitrogen and oxygen atoms in total. The molecular weight excluding hydrogens is 484 g/mol. The molecule has 2 saturated heterocycles. The molecule has 0 bridgehead atoms. The average Bonchev–Trinajstić information content (AvgIpc) is 3.38. The maximum atomic E-state index is 11.6. The second-order valence-electron chi connectivity index (χ2n) is 12.2. The Labute approximate surface area is 232 Å². The maximum Gasteiger partial charge on any atom is 0.303 e. The highest BCUT2D eigenvalue weighted by molar-refractivity contribution is 5.86. The van der Waals surface area contributed by atoms with E-state index >= 15 is 0 Å². The summed E-state index contributed by atoms with van der Waals surface area (Å²) >= 11 is 0. The number of aliphatic hydroxyl groups excluding tert-OH is 1. The number of fused-ring (bicyclic) bond motifs is 1. The van der Waals surface area contributed by atoms with Gasteiger partial charge in [-0.3, -0.25) is 14.6 Å². The van der Waals surface area contributed by atoms with Crippen molar-refractivity contribution in [1.29, 1.82) is 0 Å². The van der Waals surface area contributed by atoms with Crippen LogP contribution < -0.4 is 0 Å². The van der Waals surface area contributed by atoms with Crippen LogP contribution in [0.15, 0.2) is 72.8 Å². The van der Waals surface area contributed by atoms with E-state index in [4.69, 9.17) is 0 Å². The standard InChI is InChI=1S/C34H42N2O3/c37-33-19-26(30-15-8-13-24-11-4-6-14-29(24)30)17-18-35(33)21-28-22-36(23-31(28)25-9-2-1-3-10-25)32-16-7-5-12-27(32)20-34(38)39/h1-4,6,8-11,13-15,26-28,31-33,37H,5,7,12,16-23H2,(H,38,39)/t26?,27?,28-,31-,32-,33?/m1/s1. The monoisotopic (exact) mass is 526 g/mol. The van der Waals surface area contributed by atoms with E-state index < -0.39 is 12.2 Å². The van der Waals surface area contributed by atoms with Crippen LogP contribution in [0.25, 0.3) is 10.8 Å². The Morgan fingerprint density at radius 3 is 2.44 bits per heavy atom. The summed E-state index contributed by atoms with van der Waals surface area (Å²) in [6, 6.07) is 26.4. The quantitative estimate of drug-likeness (QED) is 0.390. The number of nitrogens with zero attached hydrogens (tertiary/aromatic N) is 2. The Hall–Kier alpha value is -2.73. The summed E-state index contributed by atoms with van der Waals surface area (Å²) in [5, 5.41) is 23.5. The molecule has 0 radical (unpaired) electrons. The minimum atomic E-state index is -0.667.